The predicted molar refractivity (Wildman–Crippen MR) is 89.9 cm³/mol. The first kappa shape index (κ1) is 18.0. The number of para-hydroxylation sites is 1. The standard InChI is InChI=1S/C16H12N2O6S/c19-14(17-16(21)13-6-3-9-25-13)10-24-15(20)8-7-11-4-1-2-5-12(11)18(22)23/h1-9H,10H2,(H,17,19,21)/b8-7+. The SMILES string of the molecule is O=C(COC(=O)/C=C/c1ccccc1[N+](=O)[O-])NC(=O)c1cccs1. The van der Waals surface area contributed by atoms with Crippen LogP contribution in [0.5, 0.6) is 0 Å². The summed E-state index contributed by atoms with van der Waals surface area (Å²) >= 11 is 1.17. The Morgan fingerprint density at radius 2 is 1.96 bits per heavy atom. The lowest BCUT2D eigenvalue weighted by molar-refractivity contribution is -0.385. The molecule has 0 spiro atoms. The average molecular weight is 360 g/mol. The number of imide groups is 1. The monoisotopic (exact) mass is 360 g/mol. The van der Waals surface area contributed by atoms with Crippen LogP contribution in [0.25, 0.3) is 6.08 Å². The molecule has 1 heterocycles. The fraction of sp³-hybridized carbons (Fsp3) is 0.0625. The van der Waals surface area contributed by atoms with E-state index in [0.29, 0.717) is 4.88 Å². The number of benzene rings is 1. The first-order valence-electron chi connectivity index (χ1n) is 6.93. The van der Waals surface area contributed by atoms with Crippen molar-refractivity contribution in [1.29, 1.82) is 0 Å². The number of thiophene rings is 1. The molecule has 0 radical (unpaired) electrons. The number of esters is 1. The van der Waals surface area contributed by atoms with Gasteiger partial charge in [0.2, 0.25) is 0 Å². The van der Waals surface area contributed by atoms with Crippen LogP contribution in [0.1, 0.15) is 15.2 Å². The topological polar surface area (TPSA) is 116 Å². The lowest BCUT2D eigenvalue weighted by atomic mass is 10.1. The summed E-state index contributed by atoms with van der Waals surface area (Å²) in [4.78, 5) is 45.4. The van der Waals surface area contributed by atoms with Crippen LogP contribution in [0.15, 0.2) is 47.9 Å². The molecule has 2 rings (SSSR count). The van der Waals surface area contributed by atoms with Crippen molar-refractivity contribution in [3.63, 3.8) is 0 Å². The Bertz CT molecular complexity index is 829. The smallest absolute Gasteiger partial charge is 0.331 e. The van der Waals surface area contributed by atoms with E-state index in [2.05, 4.69) is 10.1 Å². The van der Waals surface area contributed by atoms with Crippen LogP contribution in [-0.4, -0.2) is 29.3 Å². The van der Waals surface area contributed by atoms with Gasteiger partial charge in [0.15, 0.2) is 6.61 Å². The summed E-state index contributed by atoms with van der Waals surface area (Å²) in [6.45, 7) is -0.642. The van der Waals surface area contributed by atoms with Gasteiger partial charge in [-0.25, -0.2) is 4.79 Å². The molecule has 0 fully saturated rings. The van der Waals surface area contributed by atoms with Gasteiger partial charge < -0.3 is 4.74 Å². The van der Waals surface area contributed by atoms with E-state index in [4.69, 9.17) is 0 Å². The van der Waals surface area contributed by atoms with Gasteiger partial charge >= 0.3 is 5.97 Å². The Morgan fingerprint density at radius 1 is 1.20 bits per heavy atom. The number of nitro benzene ring substituents is 1. The zero-order valence-electron chi connectivity index (χ0n) is 12.7. The second kappa shape index (κ2) is 8.50. The average Bonchev–Trinajstić information content (AvgIpc) is 3.13. The van der Waals surface area contributed by atoms with E-state index < -0.39 is 29.3 Å². The minimum absolute atomic E-state index is 0.161. The highest BCUT2D eigenvalue weighted by atomic mass is 32.1. The molecule has 0 saturated heterocycles. The largest absolute Gasteiger partial charge is 0.452 e. The third kappa shape index (κ3) is 5.36. The van der Waals surface area contributed by atoms with Crippen molar-refractivity contribution in [2.45, 2.75) is 0 Å². The van der Waals surface area contributed by atoms with Gasteiger partial charge in [0, 0.05) is 12.1 Å². The molecule has 2 amide bonds. The van der Waals surface area contributed by atoms with Crippen LogP contribution in [0.4, 0.5) is 5.69 Å². The number of ether oxygens (including phenoxy) is 1. The Morgan fingerprint density at radius 3 is 2.64 bits per heavy atom. The number of nitrogens with zero attached hydrogens (tertiary/aromatic N) is 1. The fourth-order valence-electron chi connectivity index (χ4n) is 1.77. The van der Waals surface area contributed by atoms with Crippen molar-refractivity contribution in [3.8, 4) is 0 Å². The molecule has 1 aromatic carbocycles. The molecule has 0 aliphatic heterocycles. The molecular weight excluding hydrogens is 348 g/mol. The van der Waals surface area contributed by atoms with E-state index in [1.807, 2.05) is 0 Å². The summed E-state index contributed by atoms with van der Waals surface area (Å²) in [7, 11) is 0. The quantitative estimate of drug-likeness (QED) is 0.365. The normalized spacial score (nSPS) is 10.4. The molecule has 25 heavy (non-hydrogen) atoms. The van der Waals surface area contributed by atoms with Gasteiger partial charge in [-0.2, -0.15) is 0 Å². The van der Waals surface area contributed by atoms with Gasteiger partial charge in [-0.3, -0.25) is 25.0 Å². The molecule has 1 N–H and O–H groups in total. The molecule has 9 heteroatoms. The van der Waals surface area contributed by atoms with E-state index in [-0.39, 0.29) is 11.3 Å². The van der Waals surface area contributed by atoms with Gasteiger partial charge in [0.25, 0.3) is 17.5 Å². The molecule has 8 nitrogen and oxygen atoms in total. The van der Waals surface area contributed by atoms with Gasteiger partial charge in [0.1, 0.15) is 0 Å². The molecule has 0 saturated carbocycles. The predicted octanol–water partition coefficient (Wildman–Crippen LogP) is 2.17. The third-order valence-corrected chi connectivity index (χ3v) is 3.74. The summed E-state index contributed by atoms with van der Waals surface area (Å²) in [5, 5.41) is 14.6. The zero-order valence-corrected chi connectivity index (χ0v) is 13.5. The number of carbonyl (C=O) groups excluding carboxylic acids is 3. The molecule has 0 aliphatic carbocycles. The molecule has 1 aromatic heterocycles. The maximum Gasteiger partial charge on any atom is 0.331 e. The van der Waals surface area contributed by atoms with Crippen molar-refractivity contribution in [3.05, 3.63) is 68.4 Å². The highest BCUT2D eigenvalue weighted by Gasteiger charge is 2.13. The number of amides is 2. The number of rotatable bonds is 6. The Kier molecular flexibility index (Phi) is 6.13. The fourth-order valence-corrected chi connectivity index (χ4v) is 2.39. The van der Waals surface area contributed by atoms with E-state index in [9.17, 15) is 24.5 Å². The summed E-state index contributed by atoms with van der Waals surface area (Å²) in [5.41, 5.74) is 0.0626. The third-order valence-electron chi connectivity index (χ3n) is 2.88. The summed E-state index contributed by atoms with van der Waals surface area (Å²) in [6.07, 6.45) is 2.19. The molecule has 128 valence electrons. The lowest BCUT2D eigenvalue weighted by Gasteiger charge is -2.03. The number of nitrogens with one attached hydrogen (secondary N) is 1. The van der Waals surface area contributed by atoms with Gasteiger partial charge in [0.05, 0.1) is 15.4 Å². The zero-order chi connectivity index (χ0) is 18.2. The Balaban J connectivity index is 1.85. The first-order chi connectivity index (χ1) is 12.0. The van der Waals surface area contributed by atoms with Gasteiger partial charge in [-0.05, 0) is 23.6 Å². The van der Waals surface area contributed by atoms with Crippen molar-refractivity contribution >= 4 is 40.9 Å². The number of nitro groups is 1. The maximum atomic E-state index is 11.6. The molecule has 0 bridgehead atoms. The van der Waals surface area contributed by atoms with E-state index in [1.165, 1.54) is 35.6 Å². The molecule has 2 aromatic rings. The Hall–Kier alpha value is -3.33. The highest BCUT2D eigenvalue weighted by Crippen LogP contribution is 2.18. The van der Waals surface area contributed by atoms with Crippen LogP contribution >= 0.6 is 11.3 Å². The number of carbonyl (C=O) groups is 3. The number of hydrogen-bond donors (Lipinski definition) is 1. The molecule has 0 unspecified atom stereocenters. The first-order valence-corrected chi connectivity index (χ1v) is 7.81. The summed E-state index contributed by atoms with van der Waals surface area (Å²) in [6, 6.07) is 9.07. The van der Waals surface area contributed by atoms with E-state index in [1.54, 1.807) is 23.6 Å². The maximum absolute atomic E-state index is 11.6. The number of hydrogen-bond acceptors (Lipinski definition) is 7. The van der Waals surface area contributed by atoms with E-state index >= 15 is 0 Å². The highest BCUT2D eigenvalue weighted by molar-refractivity contribution is 7.12. The molecular formula is C16H12N2O6S. The van der Waals surface area contributed by atoms with Crippen molar-refractivity contribution in [2.24, 2.45) is 0 Å². The van der Waals surface area contributed by atoms with Crippen LogP contribution in [0.3, 0.4) is 0 Å². The summed E-state index contributed by atoms with van der Waals surface area (Å²) in [5.74, 6) is -2.21. The van der Waals surface area contributed by atoms with Crippen molar-refractivity contribution in [1.82, 2.24) is 5.32 Å². The van der Waals surface area contributed by atoms with Crippen molar-refractivity contribution in [2.75, 3.05) is 6.61 Å². The van der Waals surface area contributed by atoms with Crippen LogP contribution < -0.4 is 5.32 Å². The summed E-state index contributed by atoms with van der Waals surface area (Å²) < 4.78 is 4.69. The van der Waals surface area contributed by atoms with Crippen molar-refractivity contribution < 1.29 is 24.0 Å². The lowest BCUT2D eigenvalue weighted by Crippen LogP contribution is -2.33. The van der Waals surface area contributed by atoms with Gasteiger partial charge in [-0.15, -0.1) is 11.3 Å². The second-order valence-electron chi connectivity index (χ2n) is 4.61. The molecule has 0 atom stereocenters. The second-order valence-corrected chi connectivity index (χ2v) is 5.56. The van der Waals surface area contributed by atoms with Gasteiger partial charge in [-0.1, -0.05) is 18.2 Å². The van der Waals surface area contributed by atoms with Crippen LogP contribution in [-0.2, 0) is 14.3 Å². The van der Waals surface area contributed by atoms with Crippen LogP contribution in [0, 0.1) is 10.1 Å². The van der Waals surface area contributed by atoms with Crippen LogP contribution in [0.2, 0.25) is 0 Å². The minimum atomic E-state index is -0.864. The molecule has 0 aliphatic rings. The minimum Gasteiger partial charge on any atom is -0.452 e. The Labute approximate surface area is 145 Å². The van der Waals surface area contributed by atoms with E-state index in [0.717, 1.165) is 6.08 Å².